The highest BCUT2D eigenvalue weighted by atomic mass is 19.1. The number of amides is 2. The van der Waals surface area contributed by atoms with Crippen LogP contribution in [0.25, 0.3) is 11.0 Å². The number of benzene rings is 2. The fourth-order valence-electron chi connectivity index (χ4n) is 6.79. The molecule has 48 heavy (non-hydrogen) atoms. The first-order valence-electron chi connectivity index (χ1n) is 16.9. The van der Waals surface area contributed by atoms with E-state index in [2.05, 4.69) is 20.9 Å². The molecule has 1 unspecified atom stereocenters. The molecule has 1 saturated heterocycles. The van der Waals surface area contributed by atoms with Crippen LogP contribution in [0.1, 0.15) is 61.4 Å². The van der Waals surface area contributed by atoms with E-state index in [1.807, 2.05) is 14.0 Å². The van der Waals surface area contributed by atoms with E-state index in [4.69, 9.17) is 9.15 Å². The molecule has 2 fully saturated rings. The first-order valence-corrected chi connectivity index (χ1v) is 16.9. The summed E-state index contributed by atoms with van der Waals surface area (Å²) in [6.07, 6.45) is 6.33. The van der Waals surface area contributed by atoms with E-state index in [0.717, 1.165) is 51.5 Å². The number of fused-ring (bicyclic) bond motifs is 1. The number of likely N-dealkylation sites (N-methyl/N-ethyl adjacent to an activating group) is 1. The van der Waals surface area contributed by atoms with Crippen molar-refractivity contribution in [2.75, 3.05) is 52.2 Å². The number of hydrogen-bond acceptors (Lipinski definition) is 9. The lowest BCUT2D eigenvalue weighted by atomic mass is 9.75. The first kappa shape index (κ1) is 35.3. The Kier molecular flexibility index (Phi) is 11.7. The molecule has 0 spiro atoms. The van der Waals surface area contributed by atoms with Gasteiger partial charge in [-0.1, -0.05) is 32.3 Å². The van der Waals surface area contributed by atoms with Crippen LogP contribution in [0.4, 0.5) is 10.1 Å². The molecule has 0 bridgehead atoms. The van der Waals surface area contributed by atoms with E-state index >= 15 is 4.39 Å². The maximum atomic E-state index is 15.6. The number of aliphatic hydroxyl groups is 1. The molecule has 0 radical (unpaired) electrons. The van der Waals surface area contributed by atoms with E-state index in [1.54, 1.807) is 42.3 Å². The molecule has 5 rings (SSSR count). The Bertz CT molecular complexity index is 1570. The van der Waals surface area contributed by atoms with Crippen molar-refractivity contribution in [2.45, 2.75) is 69.7 Å². The average molecular weight is 666 g/mol. The van der Waals surface area contributed by atoms with E-state index in [1.165, 1.54) is 12.3 Å². The van der Waals surface area contributed by atoms with Crippen LogP contribution in [0.15, 0.2) is 47.1 Å². The maximum Gasteiger partial charge on any atom is 0.256 e. The maximum absolute atomic E-state index is 15.6. The van der Waals surface area contributed by atoms with E-state index < -0.39 is 29.5 Å². The summed E-state index contributed by atoms with van der Waals surface area (Å²) in [5, 5.41) is 20.1. The monoisotopic (exact) mass is 665 g/mol. The van der Waals surface area contributed by atoms with Crippen molar-refractivity contribution >= 4 is 34.8 Å². The van der Waals surface area contributed by atoms with Gasteiger partial charge < -0.3 is 39.5 Å². The van der Waals surface area contributed by atoms with Crippen LogP contribution in [-0.2, 0) is 16.0 Å². The number of methoxy groups -OCH3 is 1. The Morgan fingerprint density at radius 3 is 2.54 bits per heavy atom. The summed E-state index contributed by atoms with van der Waals surface area (Å²) < 4.78 is 26.5. The zero-order valence-electron chi connectivity index (χ0n) is 28.1. The Balaban J connectivity index is 1.32. The fourth-order valence-corrected chi connectivity index (χ4v) is 6.79. The lowest BCUT2D eigenvalue weighted by Gasteiger charge is -2.39. The minimum Gasteiger partial charge on any atom is -0.497 e. The van der Waals surface area contributed by atoms with Crippen molar-refractivity contribution in [3.8, 4) is 5.75 Å². The van der Waals surface area contributed by atoms with Gasteiger partial charge in [-0.25, -0.2) is 4.39 Å². The largest absolute Gasteiger partial charge is 0.497 e. The van der Waals surface area contributed by atoms with Gasteiger partial charge in [-0.2, -0.15) is 0 Å². The van der Waals surface area contributed by atoms with Gasteiger partial charge in [0, 0.05) is 44.2 Å². The van der Waals surface area contributed by atoms with Crippen LogP contribution < -0.4 is 20.7 Å². The zero-order chi connectivity index (χ0) is 34.3. The summed E-state index contributed by atoms with van der Waals surface area (Å²) in [5.41, 5.74) is 0.263. The van der Waals surface area contributed by atoms with Gasteiger partial charge in [0.15, 0.2) is 0 Å². The number of nitrogens with zero attached hydrogens (tertiary/aromatic N) is 2. The smallest absolute Gasteiger partial charge is 0.256 e. The van der Waals surface area contributed by atoms with Crippen molar-refractivity contribution in [3.05, 3.63) is 59.6 Å². The molecule has 12 heteroatoms. The highest BCUT2D eigenvalue weighted by molar-refractivity contribution is 6.07. The molecule has 3 aromatic rings. The summed E-state index contributed by atoms with van der Waals surface area (Å²) in [6, 6.07) is 9.17. The van der Waals surface area contributed by atoms with Gasteiger partial charge in [0.2, 0.25) is 5.91 Å². The van der Waals surface area contributed by atoms with Crippen LogP contribution in [0.5, 0.6) is 5.75 Å². The number of ether oxygens (including phenoxy) is 1. The number of nitrogens with one attached hydrogen (secondary N) is 3. The van der Waals surface area contributed by atoms with Gasteiger partial charge in [0.1, 0.15) is 41.5 Å². The number of aliphatic hydroxyl groups excluding tert-OH is 1. The lowest BCUT2D eigenvalue weighted by molar-refractivity contribution is -0.136. The molecule has 1 aliphatic carbocycles. The van der Waals surface area contributed by atoms with Gasteiger partial charge >= 0.3 is 0 Å². The third kappa shape index (κ3) is 8.16. The summed E-state index contributed by atoms with van der Waals surface area (Å²) >= 11 is 0. The number of carbonyl (C=O) groups is 3. The predicted octanol–water partition coefficient (Wildman–Crippen LogP) is 3.94. The summed E-state index contributed by atoms with van der Waals surface area (Å²) in [5.74, 6) is -0.664. The van der Waals surface area contributed by atoms with Gasteiger partial charge in [-0.15, -0.1) is 0 Å². The van der Waals surface area contributed by atoms with Crippen molar-refractivity contribution in [1.29, 1.82) is 0 Å². The predicted molar refractivity (Wildman–Crippen MR) is 181 cm³/mol. The highest BCUT2D eigenvalue weighted by Crippen LogP contribution is 2.34. The molecule has 260 valence electrons. The van der Waals surface area contributed by atoms with Crippen molar-refractivity contribution in [2.24, 2.45) is 5.92 Å². The van der Waals surface area contributed by atoms with Crippen molar-refractivity contribution in [3.63, 3.8) is 0 Å². The number of anilines is 1. The number of aldehydes is 1. The summed E-state index contributed by atoms with van der Waals surface area (Å²) in [4.78, 5) is 44.0. The summed E-state index contributed by atoms with van der Waals surface area (Å²) in [7, 11) is 3.56. The quantitative estimate of drug-likeness (QED) is 0.149. The van der Waals surface area contributed by atoms with Crippen LogP contribution in [0.3, 0.4) is 0 Å². The number of rotatable bonds is 14. The Labute approximate surface area is 281 Å². The van der Waals surface area contributed by atoms with E-state index in [0.29, 0.717) is 47.4 Å². The van der Waals surface area contributed by atoms with Crippen LogP contribution in [-0.4, -0.2) is 97.7 Å². The van der Waals surface area contributed by atoms with Crippen LogP contribution >= 0.6 is 0 Å². The minimum absolute atomic E-state index is 0.0124. The molecular weight excluding hydrogens is 617 g/mol. The summed E-state index contributed by atoms with van der Waals surface area (Å²) in [6.45, 7) is 4.52. The second-order valence-electron chi connectivity index (χ2n) is 13.1. The Morgan fingerprint density at radius 1 is 1.12 bits per heavy atom. The second kappa shape index (κ2) is 15.9. The van der Waals surface area contributed by atoms with Crippen molar-refractivity contribution < 1.29 is 33.0 Å². The minimum atomic E-state index is -1.29. The number of hydrogen-bond donors (Lipinski definition) is 4. The van der Waals surface area contributed by atoms with Gasteiger partial charge in [-0.3, -0.25) is 14.9 Å². The van der Waals surface area contributed by atoms with Gasteiger partial charge in [0.25, 0.3) is 5.91 Å². The third-order valence-corrected chi connectivity index (χ3v) is 9.86. The van der Waals surface area contributed by atoms with E-state index in [-0.39, 0.29) is 30.5 Å². The van der Waals surface area contributed by atoms with Crippen LogP contribution in [0, 0.1) is 11.7 Å². The molecule has 2 aliphatic rings. The number of piperazine rings is 1. The third-order valence-electron chi connectivity index (χ3n) is 9.86. The van der Waals surface area contributed by atoms with E-state index in [9.17, 15) is 19.5 Å². The molecule has 2 heterocycles. The standard InChI is InChI=1S/C36H48FN5O6/c1-4-33(44)39-31(35(46)42-16-14-41(2)15-17-42)19-24-10-13-30(29(37)18-24)38-22-36(23-43,25-8-6-5-7-9-25)40-34(45)28-21-48-32-20-26(47-3)11-12-27(28)32/h10-13,18,20-21,23,25,31,33,38-39,44H,4-9,14-17,19,22H2,1-3H3,(H,40,45)/t31-,33?,36-/m1/s1. The average Bonchev–Trinajstić information content (AvgIpc) is 3.54. The molecule has 1 aliphatic heterocycles. The molecule has 2 aromatic carbocycles. The number of carbonyl (C=O) groups excluding carboxylic acids is 3. The van der Waals surface area contributed by atoms with Gasteiger partial charge in [0.05, 0.1) is 24.4 Å². The molecule has 4 N–H and O–H groups in total. The topological polar surface area (TPSA) is 136 Å². The normalized spacial score (nSPS) is 18.6. The van der Waals surface area contributed by atoms with Crippen LogP contribution in [0.2, 0.25) is 0 Å². The van der Waals surface area contributed by atoms with Gasteiger partial charge in [-0.05, 0) is 68.5 Å². The highest BCUT2D eigenvalue weighted by Gasteiger charge is 2.41. The first-order chi connectivity index (χ1) is 23.2. The molecule has 1 aromatic heterocycles. The second-order valence-corrected chi connectivity index (χ2v) is 13.1. The SMILES string of the molecule is CCC(O)N[C@H](Cc1ccc(NC[C@](C=O)(NC(=O)c2coc3cc(OC)ccc23)C2CCCCC2)c(F)c1)C(=O)N1CCN(C)CC1. The fraction of sp³-hybridized carbons (Fsp3) is 0.528. The Hall–Kier alpha value is -4.00. The molecule has 2 amide bonds. The molecule has 3 atom stereocenters. The Morgan fingerprint density at radius 2 is 1.88 bits per heavy atom. The lowest BCUT2D eigenvalue weighted by Crippen LogP contribution is -2.60. The molecular formula is C36H48FN5O6. The van der Waals surface area contributed by atoms with Crippen molar-refractivity contribution in [1.82, 2.24) is 20.4 Å². The number of halogens is 1. The molecule has 11 nitrogen and oxygen atoms in total. The zero-order valence-corrected chi connectivity index (χ0v) is 28.1. The molecule has 1 saturated carbocycles. The number of furan rings is 1.